The number of nitrogens with one attached hydrogen (secondary N) is 1. The van der Waals surface area contributed by atoms with E-state index in [4.69, 9.17) is 0 Å². The molecule has 1 aliphatic rings. The molecule has 2 unspecified atom stereocenters. The third kappa shape index (κ3) is 7.16. The van der Waals surface area contributed by atoms with Gasteiger partial charge < -0.3 is 10.2 Å². The minimum atomic E-state index is -4.11. The van der Waals surface area contributed by atoms with E-state index < -0.39 is 12.7 Å². The number of rotatable bonds is 7. The van der Waals surface area contributed by atoms with Crippen LogP contribution in [0.4, 0.5) is 13.2 Å². The average Bonchev–Trinajstić information content (AvgIpc) is 2.33. The third-order valence-electron chi connectivity index (χ3n) is 3.73. The molecule has 1 aliphatic heterocycles. The van der Waals surface area contributed by atoms with Gasteiger partial charge in [-0.2, -0.15) is 13.2 Å². The smallest absolute Gasteiger partial charge is 0.305 e. The number of alkyl halides is 3. The van der Waals surface area contributed by atoms with E-state index in [9.17, 15) is 13.2 Å². The van der Waals surface area contributed by atoms with Crippen LogP contribution in [0, 0.1) is 5.92 Å². The Balaban J connectivity index is 2.44. The van der Waals surface area contributed by atoms with Crippen molar-refractivity contribution >= 4 is 0 Å². The first-order chi connectivity index (χ1) is 8.94. The van der Waals surface area contributed by atoms with Crippen molar-refractivity contribution in [2.24, 2.45) is 5.92 Å². The third-order valence-corrected chi connectivity index (χ3v) is 3.73. The van der Waals surface area contributed by atoms with Crippen molar-refractivity contribution in [2.45, 2.75) is 58.2 Å². The molecule has 0 aromatic carbocycles. The van der Waals surface area contributed by atoms with E-state index in [1.807, 2.05) is 0 Å². The highest BCUT2D eigenvalue weighted by Crippen LogP contribution is 2.22. The van der Waals surface area contributed by atoms with Gasteiger partial charge in [0.05, 0.1) is 6.54 Å². The molecule has 0 aliphatic carbocycles. The number of unbranched alkanes of at least 4 members (excludes halogenated alkanes) is 1. The van der Waals surface area contributed by atoms with Gasteiger partial charge in [-0.05, 0) is 31.7 Å². The minimum absolute atomic E-state index is 0.0104. The van der Waals surface area contributed by atoms with Gasteiger partial charge in [0.1, 0.15) is 0 Å². The predicted octanol–water partition coefficient (Wildman–Crippen LogP) is 3.43. The quantitative estimate of drug-likeness (QED) is 0.768. The second-order valence-corrected chi connectivity index (χ2v) is 5.70. The molecule has 0 saturated carbocycles. The Kier molecular flexibility index (Phi) is 7.15. The summed E-state index contributed by atoms with van der Waals surface area (Å²) in [5.41, 5.74) is 0. The molecule has 0 spiro atoms. The lowest BCUT2D eigenvalue weighted by molar-refractivity contribution is -0.127. The molecule has 0 aromatic rings. The first-order valence-corrected chi connectivity index (χ1v) is 7.47. The number of piperidine rings is 1. The standard InChI is InChI=1S/C14H27F3N2/c1-3-5-7-19-9-12(6-4-2)8-13(10-19)18-11-14(15,16)17/h12-13,18H,3-11H2,1-2H3. The van der Waals surface area contributed by atoms with Gasteiger partial charge in [-0.1, -0.05) is 26.7 Å². The fraction of sp³-hybridized carbons (Fsp3) is 1.00. The van der Waals surface area contributed by atoms with Gasteiger partial charge in [0.25, 0.3) is 0 Å². The van der Waals surface area contributed by atoms with E-state index in [0.29, 0.717) is 5.92 Å². The normalized spacial score (nSPS) is 25.7. The minimum Gasteiger partial charge on any atom is -0.305 e. The second kappa shape index (κ2) is 8.10. The summed E-state index contributed by atoms with van der Waals surface area (Å²) >= 11 is 0. The van der Waals surface area contributed by atoms with Crippen molar-refractivity contribution in [1.82, 2.24) is 10.2 Å². The van der Waals surface area contributed by atoms with Gasteiger partial charge in [-0.3, -0.25) is 0 Å². The van der Waals surface area contributed by atoms with E-state index in [-0.39, 0.29) is 6.04 Å². The Morgan fingerprint density at radius 3 is 2.47 bits per heavy atom. The Morgan fingerprint density at radius 2 is 1.89 bits per heavy atom. The predicted molar refractivity (Wildman–Crippen MR) is 72.2 cm³/mol. The first kappa shape index (κ1) is 16.8. The summed E-state index contributed by atoms with van der Waals surface area (Å²) in [6.07, 6.45) is 1.27. The summed E-state index contributed by atoms with van der Waals surface area (Å²) in [6, 6.07) is -0.0104. The van der Waals surface area contributed by atoms with Crippen molar-refractivity contribution < 1.29 is 13.2 Å². The van der Waals surface area contributed by atoms with Crippen molar-refractivity contribution in [3.8, 4) is 0 Å². The van der Waals surface area contributed by atoms with E-state index >= 15 is 0 Å². The van der Waals surface area contributed by atoms with Crippen LogP contribution in [0.1, 0.15) is 46.0 Å². The lowest BCUT2D eigenvalue weighted by Crippen LogP contribution is -2.51. The molecular formula is C14H27F3N2. The molecule has 0 bridgehead atoms. The number of hydrogen-bond acceptors (Lipinski definition) is 2. The molecule has 2 nitrogen and oxygen atoms in total. The first-order valence-electron chi connectivity index (χ1n) is 7.47. The highest BCUT2D eigenvalue weighted by molar-refractivity contribution is 4.84. The topological polar surface area (TPSA) is 15.3 Å². The molecule has 0 radical (unpaired) electrons. The second-order valence-electron chi connectivity index (χ2n) is 5.70. The zero-order valence-corrected chi connectivity index (χ0v) is 12.1. The van der Waals surface area contributed by atoms with Crippen LogP contribution in [0.3, 0.4) is 0 Å². The summed E-state index contributed by atoms with van der Waals surface area (Å²) in [5, 5.41) is 2.69. The summed E-state index contributed by atoms with van der Waals surface area (Å²) in [6.45, 7) is 6.25. The van der Waals surface area contributed by atoms with E-state index in [2.05, 4.69) is 24.1 Å². The SMILES string of the molecule is CCCCN1CC(CCC)CC(NCC(F)(F)F)C1. The van der Waals surface area contributed by atoms with Gasteiger partial charge >= 0.3 is 6.18 Å². The fourth-order valence-electron chi connectivity index (χ4n) is 2.89. The van der Waals surface area contributed by atoms with Crippen LogP contribution < -0.4 is 5.32 Å². The van der Waals surface area contributed by atoms with Crippen LogP contribution in [0.2, 0.25) is 0 Å². The molecule has 0 amide bonds. The molecule has 1 saturated heterocycles. The number of likely N-dealkylation sites (tertiary alicyclic amines) is 1. The lowest BCUT2D eigenvalue weighted by atomic mass is 9.90. The van der Waals surface area contributed by atoms with Gasteiger partial charge in [0.15, 0.2) is 0 Å². The molecule has 1 N–H and O–H groups in total. The Morgan fingerprint density at radius 1 is 1.16 bits per heavy atom. The van der Waals surface area contributed by atoms with Gasteiger partial charge in [-0.25, -0.2) is 0 Å². The van der Waals surface area contributed by atoms with E-state index in [0.717, 1.165) is 51.7 Å². The van der Waals surface area contributed by atoms with Gasteiger partial charge in [-0.15, -0.1) is 0 Å². The van der Waals surface area contributed by atoms with Crippen molar-refractivity contribution in [3.63, 3.8) is 0 Å². The highest BCUT2D eigenvalue weighted by Gasteiger charge is 2.31. The van der Waals surface area contributed by atoms with Crippen LogP contribution in [0.5, 0.6) is 0 Å². The molecule has 0 aromatic heterocycles. The monoisotopic (exact) mass is 280 g/mol. The molecule has 19 heavy (non-hydrogen) atoms. The van der Waals surface area contributed by atoms with Crippen LogP contribution in [-0.2, 0) is 0 Å². The summed E-state index contributed by atoms with van der Waals surface area (Å²) in [7, 11) is 0. The van der Waals surface area contributed by atoms with Crippen molar-refractivity contribution in [2.75, 3.05) is 26.2 Å². The summed E-state index contributed by atoms with van der Waals surface area (Å²) in [4.78, 5) is 2.33. The maximum Gasteiger partial charge on any atom is 0.401 e. The summed E-state index contributed by atoms with van der Waals surface area (Å²) < 4.78 is 36.8. The largest absolute Gasteiger partial charge is 0.401 e. The van der Waals surface area contributed by atoms with Crippen LogP contribution in [0.15, 0.2) is 0 Å². The Bertz CT molecular complexity index is 243. The maximum atomic E-state index is 12.3. The Labute approximate surface area is 114 Å². The van der Waals surface area contributed by atoms with Gasteiger partial charge in [0, 0.05) is 19.1 Å². The fourth-order valence-corrected chi connectivity index (χ4v) is 2.89. The van der Waals surface area contributed by atoms with Crippen molar-refractivity contribution in [3.05, 3.63) is 0 Å². The molecule has 1 fully saturated rings. The van der Waals surface area contributed by atoms with Crippen LogP contribution in [0.25, 0.3) is 0 Å². The van der Waals surface area contributed by atoms with Crippen LogP contribution in [-0.4, -0.2) is 43.3 Å². The van der Waals surface area contributed by atoms with Crippen molar-refractivity contribution in [1.29, 1.82) is 0 Å². The molecule has 114 valence electrons. The molecule has 1 rings (SSSR count). The maximum absolute atomic E-state index is 12.3. The lowest BCUT2D eigenvalue weighted by Gasteiger charge is -2.38. The average molecular weight is 280 g/mol. The summed E-state index contributed by atoms with van der Waals surface area (Å²) in [5.74, 6) is 0.543. The molecular weight excluding hydrogens is 253 g/mol. The highest BCUT2D eigenvalue weighted by atomic mass is 19.4. The molecule has 1 heterocycles. The number of nitrogens with zero attached hydrogens (tertiary/aromatic N) is 1. The zero-order valence-electron chi connectivity index (χ0n) is 12.1. The Hall–Kier alpha value is -0.290. The number of hydrogen-bond donors (Lipinski definition) is 1. The molecule has 2 atom stereocenters. The van der Waals surface area contributed by atoms with Crippen LogP contribution >= 0.6 is 0 Å². The zero-order chi connectivity index (χ0) is 14.3. The molecule has 5 heteroatoms. The van der Waals surface area contributed by atoms with E-state index in [1.54, 1.807) is 0 Å². The van der Waals surface area contributed by atoms with Gasteiger partial charge in [0.2, 0.25) is 0 Å². The number of halogens is 3. The van der Waals surface area contributed by atoms with E-state index in [1.165, 1.54) is 0 Å².